The molecule has 0 fully saturated rings. The molecule has 0 bridgehead atoms. The number of hydrogen-bond donors (Lipinski definition) is 2. The van der Waals surface area contributed by atoms with E-state index < -0.39 is 18.6 Å². The van der Waals surface area contributed by atoms with Crippen LogP contribution in [0.3, 0.4) is 0 Å². The summed E-state index contributed by atoms with van der Waals surface area (Å²) in [4.78, 5) is 3.87. The Morgan fingerprint density at radius 3 is 2.62 bits per heavy atom. The minimum Gasteiger partial charge on any atom is -0.271 e. The van der Waals surface area contributed by atoms with Crippen LogP contribution in [0, 0.1) is 0 Å². The molecule has 3 N–H and O–H groups in total. The van der Waals surface area contributed by atoms with Crippen LogP contribution < -0.4 is 11.3 Å². The summed E-state index contributed by atoms with van der Waals surface area (Å²) < 4.78 is 36.9. The maximum Gasteiger partial charge on any atom is 0.389 e. The summed E-state index contributed by atoms with van der Waals surface area (Å²) in [5, 5.41) is 0. The second-order valence-electron chi connectivity index (χ2n) is 3.31. The predicted molar refractivity (Wildman–Crippen MR) is 57.3 cm³/mol. The van der Waals surface area contributed by atoms with Crippen LogP contribution in [-0.4, -0.2) is 11.2 Å². The molecule has 0 aliphatic rings. The molecule has 0 spiro atoms. The predicted octanol–water partition coefficient (Wildman–Crippen LogP) is 2.69. The molecule has 90 valence electrons. The van der Waals surface area contributed by atoms with Gasteiger partial charge in [0.05, 0.1) is 0 Å². The Kier molecular flexibility index (Phi) is 4.69. The van der Waals surface area contributed by atoms with Crippen molar-refractivity contribution in [2.75, 3.05) is 0 Å². The van der Waals surface area contributed by atoms with Gasteiger partial charge in [-0.3, -0.25) is 16.3 Å². The quantitative estimate of drug-likeness (QED) is 0.664. The second-order valence-corrected chi connectivity index (χ2v) is 4.23. The first-order valence-corrected chi connectivity index (χ1v) is 5.35. The molecule has 0 saturated carbocycles. The molecule has 0 aromatic carbocycles. The van der Waals surface area contributed by atoms with Crippen LogP contribution in [-0.2, 0) is 0 Å². The van der Waals surface area contributed by atoms with Crippen molar-refractivity contribution in [2.45, 2.75) is 25.1 Å². The molecule has 1 atom stereocenters. The molecule has 0 amide bonds. The van der Waals surface area contributed by atoms with Gasteiger partial charge in [-0.25, -0.2) is 0 Å². The number of alkyl halides is 3. The zero-order chi connectivity index (χ0) is 12.2. The number of nitrogens with two attached hydrogens (primary N) is 1. The van der Waals surface area contributed by atoms with Crippen LogP contribution in [0.4, 0.5) is 13.2 Å². The smallest absolute Gasteiger partial charge is 0.271 e. The zero-order valence-corrected chi connectivity index (χ0v) is 9.85. The minimum absolute atomic E-state index is 0.113. The van der Waals surface area contributed by atoms with Gasteiger partial charge in [0.15, 0.2) is 0 Å². The first-order chi connectivity index (χ1) is 7.42. The summed E-state index contributed by atoms with van der Waals surface area (Å²) in [6, 6.07) is 1.14. The highest BCUT2D eigenvalue weighted by Gasteiger charge is 2.28. The molecule has 1 heterocycles. The molecular weight excluding hydrogens is 287 g/mol. The van der Waals surface area contributed by atoms with Gasteiger partial charge in [0, 0.05) is 29.3 Å². The summed E-state index contributed by atoms with van der Waals surface area (Å²) in [5.41, 5.74) is 2.98. The van der Waals surface area contributed by atoms with Crippen LogP contribution in [0.2, 0.25) is 0 Å². The van der Waals surface area contributed by atoms with E-state index >= 15 is 0 Å². The summed E-state index contributed by atoms with van der Waals surface area (Å²) in [6.07, 6.45) is -2.12. The molecule has 0 aliphatic heterocycles. The maximum atomic E-state index is 12.1. The molecule has 0 aliphatic carbocycles. The lowest BCUT2D eigenvalue weighted by molar-refractivity contribution is -0.136. The Morgan fingerprint density at radius 1 is 1.44 bits per heavy atom. The molecule has 16 heavy (non-hydrogen) atoms. The third-order valence-electron chi connectivity index (χ3n) is 2.05. The number of hydrogen-bond acceptors (Lipinski definition) is 3. The van der Waals surface area contributed by atoms with Gasteiger partial charge in [-0.2, -0.15) is 13.2 Å². The van der Waals surface area contributed by atoms with Crippen molar-refractivity contribution in [3.8, 4) is 0 Å². The van der Waals surface area contributed by atoms with Crippen molar-refractivity contribution < 1.29 is 13.2 Å². The van der Waals surface area contributed by atoms with E-state index in [-0.39, 0.29) is 6.42 Å². The van der Waals surface area contributed by atoms with E-state index in [0.717, 1.165) is 0 Å². The van der Waals surface area contributed by atoms with Gasteiger partial charge in [0.1, 0.15) is 0 Å². The van der Waals surface area contributed by atoms with Gasteiger partial charge >= 0.3 is 6.18 Å². The highest BCUT2D eigenvalue weighted by atomic mass is 79.9. The number of nitrogens with one attached hydrogen (secondary N) is 1. The van der Waals surface area contributed by atoms with E-state index in [9.17, 15) is 13.2 Å². The summed E-state index contributed by atoms with van der Waals surface area (Å²) in [6.45, 7) is 0. The third kappa shape index (κ3) is 4.46. The molecule has 0 saturated heterocycles. The molecule has 1 unspecified atom stereocenters. The van der Waals surface area contributed by atoms with E-state index in [4.69, 9.17) is 5.84 Å². The van der Waals surface area contributed by atoms with Gasteiger partial charge in [0.2, 0.25) is 0 Å². The molecule has 1 rings (SSSR count). The number of halogens is 4. The minimum atomic E-state index is -4.17. The van der Waals surface area contributed by atoms with E-state index in [1.165, 1.54) is 6.20 Å². The Hall–Kier alpha value is -0.660. The van der Waals surface area contributed by atoms with Crippen molar-refractivity contribution in [3.63, 3.8) is 0 Å². The van der Waals surface area contributed by atoms with Crippen LogP contribution in [0.1, 0.15) is 24.4 Å². The fourth-order valence-electron chi connectivity index (χ4n) is 1.27. The monoisotopic (exact) mass is 297 g/mol. The second kappa shape index (κ2) is 5.60. The highest BCUT2D eigenvalue weighted by Crippen LogP contribution is 2.27. The number of nitrogens with zero attached hydrogens (tertiary/aromatic N) is 1. The van der Waals surface area contributed by atoms with Crippen LogP contribution in [0.25, 0.3) is 0 Å². The van der Waals surface area contributed by atoms with Crippen LogP contribution in [0.15, 0.2) is 22.9 Å². The van der Waals surface area contributed by atoms with E-state index in [1.54, 1.807) is 12.3 Å². The number of aromatic nitrogens is 1. The van der Waals surface area contributed by atoms with Gasteiger partial charge in [-0.05, 0) is 34.0 Å². The fourth-order valence-corrected chi connectivity index (χ4v) is 1.66. The van der Waals surface area contributed by atoms with E-state index in [1.807, 2.05) is 0 Å². The fraction of sp³-hybridized carbons (Fsp3) is 0.444. The van der Waals surface area contributed by atoms with Gasteiger partial charge in [-0.1, -0.05) is 0 Å². The lowest BCUT2D eigenvalue weighted by atomic mass is 10.0. The summed E-state index contributed by atoms with van der Waals surface area (Å²) in [5.74, 6) is 5.22. The van der Waals surface area contributed by atoms with Crippen molar-refractivity contribution in [1.82, 2.24) is 10.4 Å². The first-order valence-electron chi connectivity index (χ1n) is 4.55. The molecule has 1 aromatic heterocycles. The topological polar surface area (TPSA) is 50.9 Å². The van der Waals surface area contributed by atoms with E-state index in [0.29, 0.717) is 10.0 Å². The average molecular weight is 298 g/mol. The Morgan fingerprint density at radius 2 is 2.12 bits per heavy atom. The van der Waals surface area contributed by atoms with E-state index in [2.05, 4.69) is 26.3 Å². The average Bonchev–Trinajstić information content (AvgIpc) is 2.17. The molecule has 1 aromatic rings. The lowest BCUT2D eigenvalue weighted by Crippen LogP contribution is -2.29. The summed E-state index contributed by atoms with van der Waals surface area (Å²) >= 11 is 3.20. The third-order valence-corrected chi connectivity index (χ3v) is 2.48. The molecular formula is C9H11BrF3N3. The molecule has 3 nitrogen and oxygen atoms in total. The number of pyridine rings is 1. The zero-order valence-electron chi connectivity index (χ0n) is 8.26. The van der Waals surface area contributed by atoms with Crippen molar-refractivity contribution in [2.24, 2.45) is 5.84 Å². The highest BCUT2D eigenvalue weighted by molar-refractivity contribution is 9.10. The van der Waals surface area contributed by atoms with Crippen molar-refractivity contribution >= 4 is 15.9 Å². The lowest BCUT2D eigenvalue weighted by Gasteiger charge is -2.17. The Balaban J connectivity index is 2.68. The normalized spacial score (nSPS) is 13.8. The maximum absolute atomic E-state index is 12.1. The van der Waals surface area contributed by atoms with Crippen LogP contribution in [0.5, 0.6) is 0 Å². The standard InChI is InChI=1S/C9H11BrF3N3/c10-7-3-6(4-15-5-7)8(16-14)1-2-9(11,12)13/h3-5,8,16H,1-2,14H2. The Labute approximate surface area is 99.3 Å². The number of hydrazine groups is 1. The first kappa shape index (κ1) is 13.4. The van der Waals surface area contributed by atoms with Gasteiger partial charge in [0.25, 0.3) is 0 Å². The summed E-state index contributed by atoms with van der Waals surface area (Å²) in [7, 11) is 0. The molecule has 7 heteroatoms. The Bertz CT molecular complexity index is 343. The van der Waals surface area contributed by atoms with Gasteiger partial charge < -0.3 is 0 Å². The van der Waals surface area contributed by atoms with Gasteiger partial charge in [-0.15, -0.1) is 0 Å². The van der Waals surface area contributed by atoms with Crippen LogP contribution >= 0.6 is 15.9 Å². The van der Waals surface area contributed by atoms with Crippen molar-refractivity contribution in [1.29, 1.82) is 0 Å². The SMILES string of the molecule is NNC(CCC(F)(F)F)c1cncc(Br)c1. The largest absolute Gasteiger partial charge is 0.389 e. The van der Waals surface area contributed by atoms with Crippen molar-refractivity contribution in [3.05, 3.63) is 28.5 Å². The number of rotatable bonds is 4. The molecule has 0 radical (unpaired) electrons.